The first-order valence-electron chi connectivity index (χ1n) is 3.79. The fraction of sp³-hybridized carbons (Fsp3) is 0. The second-order valence-electron chi connectivity index (χ2n) is 2.62. The molecule has 0 N–H and O–H groups in total. The summed E-state index contributed by atoms with van der Waals surface area (Å²) in [6, 6.07) is 4.32. The Hall–Kier alpha value is -0.300. The third-order valence-corrected chi connectivity index (χ3v) is 5.37. The molecule has 0 aliphatic carbocycles. The van der Waals surface area contributed by atoms with Crippen LogP contribution in [0.4, 0.5) is 0 Å². The Bertz CT molecular complexity index is 551. The van der Waals surface area contributed by atoms with E-state index in [0.717, 1.165) is 8.92 Å². The zero-order valence-electron chi connectivity index (χ0n) is 6.73. The Morgan fingerprint density at radius 2 is 2.07 bits per heavy atom. The first kappa shape index (κ1) is 8.96. The summed E-state index contributed by atoms with van der Waals surface area (Å²) >= 11 is 8.42. The van der Waals surface area contributed by atoms with Crippen LogP contribution in [0.25, 0.3) is 19.3 Å². The predicted molar refractivity (Wildman–Crippen MR) is 66.3 cm³/mol. The molecule has 3 aromatic rings. The van der Waals surface area contributed by atoms with Gasteiger partial charge in [0.1, 0.15) is 0 Å². The number of fused-ring (bicyclic) bond motifs is 1. The van der Waals surface area contributed by atoms with Crippen LogP contribution in [0.15, 0.2) is 21.4 Å². The van der Waals surface area contributed by atoms with E-state index in [4.69, 9.17) is 0 Å². The van der Waals surface area contributed by atoms with E-state index in [9.17, 15) is 0 Å². The molecule has 3 heterocycles. The van der Waals surface area contributed by atoms with E-state index in [-0.39, 0.29) is 0 Å². The number of halogens is 1. The quantitative estimate of drug-likeness (QED) is 0.672. The third kappa shape index (κ3) is 1.42. The monoisotopic (exact) mass is 302 g/mol. The minimum Gasteiger partial charge on any atom is -0.143 e. The van der Waals surface area contributed by atoms with Gasteiger partial charge in [0.25, 0.3) is 0 Å². The minimum absolute atomic E-state index is 0.837. The summed E-state index contributed by atoms with van der Waals surface area (Å²) < 4.78 is 3.50. The number of hydrogen-bond acceptors (Lipinski definition) is 5. The summed E-state index contributed by atoms with van der Waals surface area (Å²) in [5.41, 5.74) is 0. The van der Waals surface area contributed by atoms with E-state index >= 15 is 0 Å². The van der Waals surface area contributed by atoms with Crippen molar-refractivity contribution in [2.45, 2.75) is 0 Å². The van der Waals surface area contributed by atoms with Crippen molar-refractivity contribution in [1.82, 2.24) is 10.2 Å². The van der Waals surface area contributed by atoms with Crippen molar-refractivity contribution in [3.05, 3.63) is 21.4 Å². The molecule has 0 aromatic carbocycles. The molecule has 0 spiro atoms. The molecule has 3 aromatic heterocycles. The van der Waals surface area contributed by atoms with Gasteiger partial charge in [-0.15, -0.1) is 32.9 Å². The van der Waals surface area contributed by atoms with Gasteiger partial charge in [-0.2, -0.15) is 0 Å². The maximum Gasteiger partial charge on any atom is 0.183 e. The van der Waals surface area contributed by atoms with Crippen LogP contribution < -0.4 is 0 Å². The molecular weight excluding hydrogens is 300 g/mol. The summed E-state index contributed by atoms with van der Waals surface area (Å²) in [6.07, 6.45) is 0. The van der Waals surface area contributed by atoms with Crippen LogP contribution in [0.2, 0.25) is 0 Å². The second-order valence-corrected chi connectivity index (χ2v) is 6.90. The highest BCUT2D eigenvalue weighted by molar-refractivity contribution is 9.11. The van der Waals surface area contributed by atoms with Gasteiger partial charge in [-0.25, -0.2) is 0 Å². The highest BCUT2D eigenvalue weighted by Crippen LogP contribution is 2.37. The number of nitrogens with zero attached hydrogens (tertiary/aromatic N) is 2. The maximum atomic E-state index is 4.10. The van der Waals surface area contributed by atoms with Gasteiger partial charge in [0.15, 0.2) is 8.92 Å². The number of hydrogen-bond donors (Lipinski definition) is 0. The smallest absolute Gasteiger partial charge is 0.143 e. The van der Waals surface area contributed by atoms with E-state index in [2.05, 4.69) is 43.6 Å². The summed E-state index contributed by atoms with van der Waals surface area (Å²) in [5, 5.41) is 11.1. The molecule has 0 unspecified atom stereocenters. The minimum atomic E-state index is 0.837. The van der Waals surface area contributed by atoms with Gasteiger partial charge < -0.3 is 0 Å². The van der Waals surface area contributed by atoms with Crippen LogP contribution >= 0.6 is 49.9 Å². The topological polar surface area (TPSA) is 25.8 Å². The van der Waals surface area contributed by atoms with Crippen molar-refractivity contribution in [2.24, 2.45) is 0 Å². The van der Waals surface area contributed by atoms with E-state index < -0.39 is 0 Å². The van der Waals surface area contributed by atoms with Crippen molar-refractivity contribution in [3.8, 4) is 9.88 Å². The average molecular weight is 303 g/mol. The highest BCUT2D eigenvalue weighted by Gasteiger charge is 2.09. The normalized spacial score (nSPS) is 11.2. The molecule has 14 heavy (non-hydrogen) atoms. The van der Waals surface area contributed by atoms with Crippen molar-refractivity contribution in [2.75, 3.05) is 0 Å². The molecule has 0 aliphatic heterocycles. The van der Waals surface area contributed by atoms with Crippen LogP contribution in [-0.4, -0.2) is 10.2 Å². The Balaban J connectivity index is 2.18. The van der Waals surface area contributed by atoms with Gasteiger partial charge in [-0.3, -0.25) is 0 Å². The van der Waals surface area contributed by atoms with Crippen LogP contribution in [0.1, 0.15) is 0 Å². The molecule has 0 bridgehead atoms. The van der Waals surface area contributed by atoms with Crippen molar-refractivity contribution in [1.29, 1.82) is 0 Å². The van der Waals surface area contributed by atoms with Crippen molar-refractivity contribution >= 4 is 59.3 Å². The molecule has 0 amide bonds. The lowest BCUT2D eigenvalue weighted by molar-refractivity contribution is 1.08. The summed E-state index contributed by atoms with van der Waals surface area (Å²) in [4.78, 5) is 1.20. The molecule has 0 aliphatic rings. The molecule has 3 rings (SSSR count). The zero-order valence-corrected chi connectivity index (χ0v) is 10.8. The number of rotatable bonds is 1. The molecule has 0 atom stereocenters. The second kappa shape index (κ2) is 3.37. The highest BCUT2D eigenvalue weighted by atomic mass is 79.9. The molecule has 0 saturated carbocycles. The van der Waals surface area contributed by atoms with E-state index in [1.807, 2.05) is 0 Å². The lowest BCUT2D eigenvalue weighted by Crippen LogP contribution is -1.68. The first-order chi connectivity index (χ1) is 6.83. The van der Waals surface area contributed by atoms with Crippen molar-refractivity contribution < 1.29 is 0 Å². The lowest BCUT2D eigenvalue weighted by atomic mass is 10.4. The van der Waals surface area contributed by atoms with Crippen molar-refractivity contribution in [3.63, 3.8) is 0 Å². The van der Waals surface area contributed by atoms with E-state index in [0.29, 0.717) is 0 Å². The van der Waals surface area contributed by atoms with Gasteiger partial charge in [-0.1, -0.05) is 11.3 Å². The van der Waals surface area contributed by atoms with Gasteiger partial charge >= 0.3 is 0 Å². The van der Waals surface area contributed by atoms with Gasteiger partial charge in [0, 0.05) is 9.40 Å². The van der Waals surface area contributed by atoms with Crippen LogP contribution in [0.3, 0.4) is 0 Å². The summed E-state index contributed by atoms with van der Waals surface area (Å²) in [6.45, 7) is 0. The fourth-order valence-corrected chi connectivity index (χ4v) is 4.44. The molecule has 2 nitrogen and oxygen atoms in total. The standard InChI is InChI=1S/C8H3BrN2S3/c9-8-11-10-7(14-8)6-3-5-4(13-6)1-2-12-5/h1-3H. The number of thiophene rings is 2. The molecule has 70 valence electrons. The Morgan fingerprint density at radius 3 is 2.79 bits per heavy atom. The SMILES string of the molecule is Brc1nnc(-c2cc3sccc3s2)s1. The molecule has 6 heteroatoms. The van der Waals surface area contributed by atoms with Crippen LogP contribution in [0.5, 0.6) is 0 Å². The predicted octanol–water partition coefficient (Wildman–Crippen LogP) is 4.24. The van der Waals surface area contributed by atoms with Gasteiger partial charge in [-0.05, 0) is 33.4 Å². The van der Waals surface area contributed by atoms with Gasteiger partial charge in [0.05, 0.1) is 4.88 Å². The Morgan fingerprint density at radius 1 is 1.14 bits per heavy atom. The molecule has 0 radical (unpaired) electrons. The zero-order chi connectivity index (χ0) is 9.54. The third-order valence-electron chi connectivity index (χ3n) is 1.75. The van der Waals surface area contributed by atoms with Crippen LogP contribution in [0, 0.1) is 0 Å². The molecule has 0 fully saturated rings. The first-order valence-corrected chi connectivity index (χ1v) is 7.10. The maximum absolute atomic E-state index is 4.10. The Labute approximate surface area is 100 Å². The molecular formula is C8H3BrN2S3. The van der Waals surface area contributed by atoms with E-state index in [1.54, 1.807) is 34.0 Å². The lowest BCUT2D eigenvalue weighted by Gasteiger charge is -1.82. The number of aromatic nitrogens is 2. The van der Waals surface area contributed by atoms with Crippen LogP contribution in [-0.2, 0) is 0 Å². The fourth-order valence-electron chi connectivity index (χ4n) is 1.18. The summed E-state index contributed by atoms with van der Waals surface area (Å²) in [7, 11) is 0. The average Bonchev–Trinajstić information content (AvgIpc) is 2.75. The van der Waals surface area contributed by atoms with E-state index in [1.165, 1.54) is 14.3 Å². The van der Waals surface area contributed by atoms with Gasteiger partial charge in [0.2, 0.25) is 0 Å². The largest absolute Gasteiger partial charge is 0.183 e. The Kier molecular flexibility index (Phi) is 2.16. The molecule has 0 saturated heterocycles. The summed E-state index contributed by atoms with van der Waals surface area (Å²) in [5.74, 6) is 0.